The Hall–Kier alpha value is -0.670. The molecular weight excluding hydrogens is 178 g/mol. The number of carbonyl (C=O) groups excluding carboxylic acids is 1. The zero-order valence-corrected chi connectivity index (χ0v) is 9.08. The van der Waals surface area contributed by atoms with E-state index in [9.17, 15) is 4.79 Å². The molecule has 1 rings (SSSR count). The minimum absolute atomic E-state index is 0.252. The highest BCUT2D eigenvalue weighted by molar-refractivity contribution is 5.95. The molecule has 80 valence electrons. The van der Waals surface area contributed by atoms with Crippen LogP contribution >= 0.6 is 0 Å². The van der Waals surface area contributed by atoms with Crippen LogP contribution in [0.4, 0.5) is 0 Å². The van der Waals surface area contributed by atoms with Crippen molar-refractivity contribution in [1.29, 1.82) is 0 Å². The lowest BCUT2D eigenvalue weighted by Crippen LogP contribution is -2.19. The molecule has 0 saturated carbocycles. The van der Waals surface area contributed by atoms with Gasteiger partial charge in [-0.15, -0.1) is 0 Å². The van der Waals surface area contributed by atoms with Crippen molar-refractivity contribution in [2.45, 2.75) is 19.3 Å². The summed E-state index contributed by atoms with van der Waals surface area (Å²) in [5.41, 5.74) is 0.992. The highest BCUT2D eigenvalue weighted by Crippen LogP contribution is 2.12. The Kier molecular flexibility index (Phi) is 4.84. The molecule has 0 unspecified atom stereocenters. The van der Waals surface area contributed by atoms with E-state index in [1.54, 1.807) is 7.11 Å². The van der Waals surface area contributed by atoms with Gasteiger partial charge in [-0.25, -0.2) is 0 Å². The lowest BCUT2D eigenvalue weighted by molar-refractivity contribution is -0.116. The van der Waals surface area contributed by atoms with Crippen LogP contribution in [0.25, 0.3) is 0 Å². The van der Waals surface area contributed by atoms with Gasteiger partial charge in [0, 0.05) is 26.6 Å². The van der Waals surface area contributed by atoms with Crippen molar-refractivity contribution in [3.8, 4) is 0 Å². The van der Waals surface area contributed by atoms with Crippen LogP contribution in [-0.4, -0.2) is 44.5 Å². The number of rotatable bonds is 4. The third kappa shape index (κ3) is 3.60. The van der Waals surface area contributed by atoms with E-state index in [0.29, 0.717) is 13.0 Å². The normalized spacial score (nSPS) is 18.9. The van der Waals surface area contributed by atoms with Gasteiger partial charge in [0.15, 0.2) is 5.78 Å². The van der Waals surface area contributed by atoms with E-state index < -0.39 is 0 Å². The smallest absolute Gasteiger partial charge is 0.160 e. The Labute approximate surface area is 85.7 Å². The first-order valence-electron chi connectivity index (χ1n) is 5.13. The van der Waals surface area contributed by atoms with Gasteiger partial charge in [-0.1, -0.05) is 6.08 Å². The average molecular weight is 197 g/mol. The number of carbonyl (C=O) groups is 1. The van der Waals surface area contributed by atoms with Crippen molar-refractivity contribution in [3.05, 3.63) is 11.6 Å². The Morgan fingerprint density at radius 2 is 2.36 bits per heavy atom. The topological polar surface area (TPSA) is 29.5 Å². The Morgan fingerprint density at radius 1 is 1.57 bits per heavy atom. The molecule has 0 fully saturated rings. The minimum atomic E-state index is 0.252. The molecule has 0 bridgehead atoms. The number of nitrogens with zero attached hydrogens (tertiary/aromatic N) is 1. The van der Waals surface area contributed by atoms with E-state index >= 15 is 0 Å². The molecule has 0 aliphatic carbocycles. The Morgan fingerprint density at radius 3 is 3.07 bits per heavy atom. The molecule has 3 heteroatoms. The summed E-state index contributed by atoms with van der Waals surface area (Å²) in [6.45, 7) is 2.58. The maximum atomic E-state index is 11.6. The largest absolute Gasteiger partial charge is 0.384 e. The standard InChI is InChI=1S/C11H19NO2/c1-12-7-3-4-10(5-8-12)11(13)6-9-14-2/h4H,3,5-9H2,1-2H3. The van der Waals surface area contributed by atoms with E-state index in [2.05, 4.69) is 18.0 Å². The van der Waals surface area contributed by atoms with Gasteiger partial charge in [0.1, 0.15) is 0 Å². The molecule has 0 atom stereocenters. The van der Waals surface area contributed by atoms with Gasteiger partial charge in [0.25, 0.3) is 0 Å². The molecule has 0 aromatic carbocycles. The summed E-state index contributed by atoms with van der Waals surface area (Å²) in [5, 5.41) is 0. The zero-order chi connectivity index (χ0) is 10.4. The van der Waals surface area contributed by atoms with Gasteiger partial charge in [0.05, 0.1) is 6.61 Å². The van der Waals surface area contributed by atoms with Crippen LogP contribution in [0.5, 0.6) is 0 Å². The van der Waals surface area contributed by atoms with Crippen molar-refractivity contribution in [1.82, 2.24) is 4.90 Å². The maximum absolute atomic E-state index is 11.6. The van der Waals surface area contributed by atoms with Crippen LogP contribution in [-0.2, 0) is 9.53 Å². The molecule has 3 nitrogen and oxygen atoms in total. The van der Waals surface area contributed by atoms with E-state index in [-0.39, 0.29) is 5.78 Å². The molecule has 0 radical (unpaired) electrons. The monoisotopic (exact) mass is 197 g/mol. The van der Waals surface area contributed by atoms with E-state index in [1.165, 1.54) is 0 Å². The van der Waals surface area contributed by atoms with Crippen LogP contribution < -0.4 is 0 Å². The zero-order valence-electron chi connectivity index (χ0n) is 9.08. The van der Waals surface area contributed by atoms with Gasteiger partial charge in [0.2, 0.25) is 0 Å². The molecule has 0 aromatic heterocycles. The second kappa shape index (κ2) is 5.94. The maximum Gasteiger partial charge on any atom is 0.160 e. The molecule has 1 heterocycles. The second-order valence-corrected chi connectivity index (χ2v) is 3.74. The summed E-state index contributed by atoms with van der Waals surface area (Å²) in [6.07, 6.45) is 4.48. The van der Waals surface area contributed by atoms with Gasteiger partial charge in [-0.05, 0) is 25.5 Å². The number of ether oxygens (including phenoxy) is 1. The predicted molar refractivity (Wildman–Crippen MR) is 56.3 cm³/mol. The highest BCUT2D eigenvalue weighted by Gasteiger charge is 2.12. The molecule has 0 spiro atoms. The van der Waals surface area contributed by atoms with Crippen LogP contribution in [0.2, 0.25) is 0 Å². The first-order chi connectivity index (χ1) is 6.74. The second-order valence-electron chi connectivity index (χ2n) is 3.74. The lowest BCUT2D eigenvalue weighted by atomic mass is 10.1. The number of hydrogen-bond acceptors (Lipinski definition) is 3. The molecular formula is C11H19NO2. The summed E-state index contributed by atoms with van der Waals surface area (Å²) in [5.74, 6) is 0.252. The quantitative estimate of drug-likeness (QED) is 0.679. The number of methoxy groups -OCH3 is 1. The van der Waals surface area contributed by atoms with Gasteiger partial charge in [-0.3, -0.25) is 4.79 Å². The van der Waals surface area contributed by atoms with Crippen LogP contribution in [0.15, 0.2) is 11.6 Å². The number of Topliss-reactive ketones (excluding diaryl/α,β-unsaturated/α-hetero) is 1. The van der Waals surface area contributed by atoms with Crippen LogP contribution in [0.3, 0.4) is 0 Å². The van der Waals surface area contributed by atoms with Crippen molar-refractivity contribution in [2.75, 3.05) is 33.9 Å². The third-order valence-corrected chi connectivity index (χ3v) is 2.56. The molecule has 1 aliphatic rings. The van der Waals surface area contributed by atoms with Crippen LogP contribution in [0, 0.1) is 0 Å². The van der Waals surface area contributed by atoms with E-state index in [0.717, 1.165) is 31.5 Å². The lowest BCUT2D eigenvalue weighted by Gasteiger charge is -2.11. The van der Waals surface area contributed by atoms with Crippen molar-refractivity contribution in [2.24, 2.45) is 0 Å². The van der Waals surface area contributed by atoms with Crippen molar-refractivity contribution >= 4 is 5.78 Å². The summed E-state index contributed by atoms with van der Waals surface area (Å²) in [4.78, 5) is 13.9. The first kappa shape index (κ1) is 11.4. The molecule has 0 saturated heterocycles. The molecule has 14 heavy (non-hydrogen) atoms. The summed E-state index contributed by atoms with van der Waals surface area (Å²) in [7, 11) is 3.72. The fraction of sp³-hybridized carbons (Fsp3) is 0.727. The first-order valence-corrected chi connectivity index (χ1v) is 5.13. The van der Waals surface area contributed by atoms with Gasteiger partial charge >= 0.3 is 0 Å². The van der Waals surface area contributed by atoms with E-state index in [4.69, 9.17) is 4.74 Å². The Bertz CT molecular complexity index is 223. The third-order valence-electron chi connectivity index (χ3n) is 2.56. The summed E-state index contributed by atoms with van der Waals surface area (Å²) in [6, 6.07) is 0. The fourth-order valence-corrected chi connectivity index (χ4v) is 1.59. The summed E-state index contributed by atoms with van der Waals surface area (Å²) < 4.78 is 4.90. The van der Waals surface area contributed by atoms with Crippen LogP contribution in [0.1, 0.15) is 19.3 Å². The SMILES string of the molecule is COCCC(=O)C1=CCCN(C)CC1. The summed E-state index contributed by atoms with van der Waals surface area (Å²) >= 11 is 0. The van der Waals surface area contributed by atoms with Crippen molar-refractivity contribution in [3.63, 3.8) is 0 Å². The Balaban J connectivity index is 2.42. The van der Waals surface area contributed by atoms with Gasteiger partial charge in [-0.2, -0.15) is 0 Å². The average Bonchev–Trinajstić information content (AvgIpc) is 2.39. The molecule has 0 aromatic rings. The van der Waals surface area contributed by atoms with Gasteiger partial charge < -0.3 is 9.64 Å². The minimum Gasteiger partial charge on any atom is -0.384 e. The molecule has 1 aliphatic heterocycles. The number of ketones is 1. The molecule has 0 N–H and O–H groups in total. The molecule has 0 amide bonds. The predicted octanol–water partition coefficient (Wildman–Crippen LogP) is 1.24. The number of hydrogen-bond donors (Lipinski definition) is 0. The van der Waals surface area contributed by atoms with Crippen molar-refractivity contribution < 1.29 is 9.53 Å². The highest BCUT2D eigenvalue weighted by atomic mass is 16.5. The fourth-order valence-electron chi connectivity index (χ4n) is 1.59. The van der Waals surface area contributed by atoms with E-state index in [1.807, 2.05) is 0 Å².